The molecule has 4 aromatic rings. The van der Waals surface area contributed by atoms with Crippen LogP contribution >= 0.6 is 11.3 Å². The van der Waals surface area contributed by atoms with Gasteiger partial charge in [-0.3, -0.25) is 0 Å². The molecule has 0 saturated carbocycles. The zero-order chi connectivity index (χ0) is 19.5. The summed E-state index contributed by atoms with van der Waals surface area (Å²) in [5.74, 6) is 1.80. The average Bonchev–Trinajstić information content (AvgIpc) is 3.37. The van der Waals surface area contributed by atoms with Crippen LogP contribution in [0.1, 0.15) is 22.2 Å². The minimum atomic E-state index is 0.186. The quantitative estimate of drug-likeness (QED) is 0.526. The lowest BCUT2D eigenvalue weighted by molar-refractivity contribution is 0.409. The van der Waals surface area contributed by atoms with Crippen LogP contribution in [-0.4, -0.2) is 27.3 Å². The number of rotatable bonds is 5. The third-order valence-electron chi connectivity index (χ3n) is 4.06. The van der Waals surface area contributed by atoms with Crippen LogP contribution in [0.15, 0.2) is 58.4 Å². The van der Waals surface area contributed by atoms with Crippen molar-refractivity contribution in [2.45, 2.75) is 6.92 Å². The van der Waals surface area contributed by atoms with Crippen molar-refractivity contribution in [1.29, 1.82) is 0 Å². The van der Waals surface area contributed by atoms with Gasteiger partial charge in [-0.05, 0) is 55.0 Å². The predicted molar refractivity (Wildman–Crippen MR) is 108 cm³/mol. The maximum absolute atomic E-state index is 9.46. The Morgan fingerprint density at radius 3 is 2.46 bits per heavy atom. The maximum atomic E-state index is 9.46. The number of methoxy groups -OCH3 is 1. The van der Waals surface area contributed by atoms with Gasteiger partial charge in [0.05, 0.1) is 12.7 Å². The molecule has 1 N–H and O–H groups in total. The second-order valence-electron chi connectivity index (χ2n) is 6.10. The number of ether oxygens (including phenoxy) is 1. The number of aromatic nitrogens is 3. The van der Waals surface area contributed by atoms with Crippen molar-refractivity contribution in [3.05, 3.63) is 76.1 Å². The fraction of sp³-hybridized carbons (Fsp3) is 0.0952. The predicted octanol–water partition coefficient (Wildman–Crippen LogP) is 4.80. The summed E-state index contributed by atoms with van der Waals surface area (Å²) in [6.07, 6.45) is 1.96. The highest BCUT2D eigenvalue weighted by molar-refractivity contribution is 7.11. The van der Waals surface area contributed by atoms with Crippen molar-refractivity contribution in [2.75, 3.05) is 7.11 Å². The van der Waals surface area contributed by atoms with E-state index in [1.165, 1.54) is 11.3 Å². The second kappa shape index (κ2) is 7.66. The number of nitrogens with zero attached hydrogens (tertiary/aromatic N) is 3. The number of benzene rings is 2. The van der Waals surface area contributed by atoms with Gasteiger partial charge in [-0.1, -0.05) is 17.3 Å². The highest BCUT2D eigenvalue weighted by atomic mass is 32.1. The Morgan fingerprint density at radius 2 is 1.82 bits per heavy atom. The van der Waals surface area contributed by atoms with Crippen LogP contribution < -0.4 is 4.74 Å². The number of aryl methyl sites for hydroxylation is 1. The molecule has 28 heavy (non-hydrogen) atoms. The van der Waals surface area contributed by atoms with E-state index in [1.54, 1.807) is 31.4 Å². The van der Waals surface area contributed by atoms with E-state index >= 15 is 0 Å². The van der Waals surface area contributed by atoms with Crippen LogP contribution in [0.25, 0.3) is 23.0 Å². The van der Waals surface area contributed by atoms with Gasteiger partial charge in [0.1, 0.15) is 16.5 Å². The lowest BCUT2D eigenvalue weighted by Gasteiger charge is -2.02. The summed E-state index contributed by atoms with van der Waals surface area (Å²) >= 11 is 1.52. The molecule has 2 heterocycles. The van der Waals surface area contributed by atoms with E-state index in [0.717, 1.165) is 33.2 Å². The monoisotopic (exact) mass is 391 g/mol. The SMILES string of the molecule is COc1ccc(/C=C(/c2nc(-c3ccc(O)cc3)no2)c2nc(C)cs2)cc1. The molecule has 0 radical (unpaired) electrons. The molecule has 7 heteroatoms. The maximum Gasteiger partial charge on any atom is 0.261 e. The average molecular weight is 391 g/mol. The van der Waals surface area contributed by atoms with Crippen molar-refractivity contribution >= 4 is 23.0 Å². The molecular formula is C21H17N3O3S. The molecule has 0 atom stereocenters. The van der Waals surface area contributed by atoms with Gasteiger partial charge in [-0.2, -0.15) is 4.98 Å². The summed E-state index contributed by atoms with van der Waals surface area (Å²) in [4.78, 5) is 9.12. The normalized spacial score (nSPS) is 11.6. The molecule has 0 saturated heterocycles. The molecule has 0 aliphatic rings. The molecule has 0 aliphatic heterocycles. The number of hydrogen-bond donors (Lipinski definition) is 1. The Morgan fingerprint density at radius 1 is 1.07 bits per heavy atom. The van der Waals surface area contributed by atoms with E-state index in [-0.39, 0.29) is 5.75 Å². The van der Waals surface area contributed by atoms with E-state index in [9.17, 15) is 5.11 Å². The van der Waals surface area contributed by atoms with Crippen LogP contribution in [0.3, 0.4) is 0 Å². The van der Waals surface area contributed by atoms with E-state index < -0.39 is 0 Å². The van der Waals surface area contributed by atoms with E-state index in [1.807, 2.05) is 42.6 Å². The molecule has 2 aromatic heterocycles. The molecule has 140 valence electrons. The van der Waals surface area contributed by atoms with Gasteiger partial charge in [0.15, 0.2) is 0 Å². The van der Waals surface area contributed by atoms with E-state index in [4.69, 9.17) is 9.26 Å². The molecule has 0 unspecified atom stereocenters. The smallest absolute Gasteiger partial charge is 0.261 e. The van der Waals surface area contributed by atoms with Gasteiger partial charge in [-0.25, -0.2) is 4.98 Å². The van der Waals surface area contributed by atoms with Crippen LogP contribution in [0, 0.1) is 6.92 Å². The molecule has 0 fully saturated rings. The lowest BCUT2D eigenvalue weighted by atomic mass is 10.1. The summed E-state index contributed by atoms with van der Waals surface area (Å²) in [5.41, 5.74) is 3.40. The fourth-order valence-electron chi connectivity index (χ4n) is 2.62. The van der Waals surface area contributed by atoms with Crippen molar-refractivity contribution in [3.63, 3.8) is 0 Å². The first-order valence-electron chi connectivity index (χ1n) is 8.54. The van der Waals surface area contributed by atoms with E-state index in [0.29, 0.717) is 11.7 Å². The van der Waals surface area contributed by atoms with Gasteiger partial charge in [0.2, 0.25) is 5.82 Å². The van der Waals surface area contributed by atoms with Crippen LogP contribution in [0.2, 0.25) is 0 Å². The third-order valence-corrected chi connectivity index (χ3v) is 5.05. The zero-order valence-corrected chi connectivity index (χ0v) is 16.1. The van der Waals surface area contributed by atoms with E-state index in [2.05, 4.69) is 15.1 Å². The Kier molecular flexibility index (Phi) is 4.90. The highest BCUT2D eigenvalue weighted by Gasteiger charge is 2.17. The summed E-state index contributed by atoms with van der Waals surface area (Å²) in [6, 6.07) is 14.4. The first-order chi connectivity index (χ1) is 13.6. The molecule has 0 amide bonds. The Labute approximate surface area is 165 Å². The largest absolute Gasteiger partial charge is 0.508 e. The van der Waals surface area contributed by atoms with Crippen LogP contribution in [0.4, 0.5) is 0 Å². The van der Waals surface area contributed by atoms with Gasteiger partial charge < -0.3 is 14.4 Å². The fourth-order valence-corrected chi connectivity index (χ4v) is 3.42. The first-order valence-corrected chi connectivity index (χ1v) is 9.42. The lowest BCUT2D eigenvalue weighted by Crippen LogP contribution is -1.90. The zero-order valence-electron chi connectivity index (χ0n) is 15.3. The summed E-state index contributed by atoms with van der Waals surface area (Å²) in [5, 5.41) is 16.3. The molecule has 4 rings (SSSR count). The topological polar surface area (TPSA) is 81.3 Å². The van der Waals surface area contributed by atoms with Crippen molar-refractivity contribution in [2.24, 2.45) is 0 Å². The molecular weight excluding hydrogens is 374 g/mol. The van der Waals surface area contributed by atoms with Gasteiger partial charge in [0.25, 0.3) is 5.89 Å². The molecule has 0 bridgehead atoms. The van der Waals surface area contributed by atoms with Crippen molar-refractivity contribution < 1.29 is 14.4 Å². The number of phenols is 1. The molecule has 2 aromatic carbocycles. The number of aromatic hydroxyl groups is 1. The van der Waals surface area contributed by atoms with Crippen LogP contribution in [-0.2, 0) is 0 Å². The van der Waals surface area contributed by atoms with Crippen LogP contribution in [0.5, 0.6) is 11.5 Å². The Balaban J connectivity index is 1.75. The minimum Gasteiger partial charge on any atom is -0.508 e. The number of phenolic OH excluding ortho intramolecular Hbond substituents is 1. The minimum absolute atomic E-state index is 0.186. The Hall–Kier alpha value is -3.45. The molecule has 6 nitrogen and oxygen atoms in total. The summed E-state index contributed by atoms with van der Waals surface area (Å²) < 4.78 is 10.8. The molecule has 0 aliphatic carbocycles. The van der Waals surface area contributed by atoms with Gasteiger partial charge >= 0.3 is 0 Å². The Bertz CT molecular complexity index is 1110. The first kappa shape index (κ1) is 17.9. The van der Waals surface area contributed by atoms with Crippen molar-refractivity contribution in [1.82, 2.24) is 15.1 Å². The van der Waals surface area contributed by atoms with Gasteiger partial charge in [0, 0.05) is 16.6 Å². The standard InChI is InChI=1S/C21H17N3O3S/c1-13-12-28-21(22-13)18(11-14-3-9-17(26-2)10-4-14)20-23-19(24-27-20)15-5-7-16(25)8-6-15/h3-12,25H,1-2H3/b18-11-. The third kappa shape index (κ3) is 3.79. The highest BCUT2D eigenvalue weighted by Crippen LogP contribution is 2.30. The summed E-state index contributed by atoms with van der Waals surface area (Å²) in [6.45, 7) is 1.95. The second-order valence-corrected chi connectivity index (χ2v) is 6.95. The summed E-state index contributed by atoms with van der Waals surface area (Å²) in [7, 11) is 1.64. The molecule has 0 spiro atoms. The number of hydrogen-bond acceptors (Lipinski definition) is 7. The van der Waals surface area contributed by atoms with Gasteiger partial charge in [-0.15, -0.1) is 11.3 Å². The van der Waals surface area contributed by atoms with Crippen molar-refractivity contribution in [3.8, 4) is 22.9 Å². The number of thiazole rings is 1.